The van der Waals surface area contributed by atoms with E-state index in [2.05, 4.69) is 48.6 Å². The lowest BCUT2D eigenvalue weighted by Gasteiger charge is -2.28. The SMILES string of the molecule is OC[C@H]1c2ccccc2C=C[C@@H]1c1ccccc1. The van der Waals surface area contributed by atoms with E-state index < -0.39 is 0 Å². The van der Waals surface area contributed by atoms with Gasteiger partial charge < -0.3 is 5.11 Å². The van der Waals surface area contributed by atoms with Gasteiger partial charge in [0.05, 0.1) is 6.61 Å². The van der Waals surface area contributed by atoms with Crippen molar-refractivity contribution in [2.75, 3.05) is 6.61 Å². The predicted molar refractivity (Wildman–Crippen MR) is 74.5 cm³/mol. The third-order valence-electron chi connectivity index (χ3n) is 3.69. The summed E-state index contributed by atoms with van der Waals surface area (Å²) in [5.74, 6) is 0.430. The zero-order chi connectivity index (χ0) is 12.4. The summed E-state index contributed by atoms with van der Waals surface area (Å²) in [7, 11) is 0. The number of aliphatic hydroxyl groups excluding tert-OH is 1. The molecule has 0 amide bonds. The van der Waals surface area contributed by atoms with Gasteiger partial charge in [-0.3, -0.25) is 0 Å². The average molecular weight is 236 g/mol. The molecule has 3 rings (SSSR count). The molecule has 2 aromatic rings. The molecule has 0 saturated carbocycles. The summed E-state index contributed by atoms with van der Waals surface area (Å²) in [6.45, 7) is 0.181. The fourth-order valence-corrected chi connectivity index (χ4v) is 2.77. The highest BCUT2D eigenvalue weighted by Crippen LogP contribution is 2.39. The van der Waals surface area contributed by atoms with Crippen LogP contribution in [0.3, 0.4) is 0 Å². The van der Waals surface area contributed by atoms with E-state index in [0.29, 0.717) is 0 Å². The quantitative estimate of drug-likeness (QED) is 0.845. The van der Waals surface area contributed by atoms with E-state index in [1.165, 1.54) is 16.7 Å². The zero-order valence-corrected chi connectivity index (χ0v) is 10.2. The second kappa shape index (κ2) is 4.79. The molecule has 0 saturated heterocycles. The molecule has 0 unspecified atom stereocenters. The Morgan fingerprint density at radius 3 is 2.39 bits per heavy atom. The van der Waals surface area contributed by atoms with Gasteiger partial charge in [0.1, 0.15) is 0 Å². The van der Waals surface area contributed by atoms with E-state index in [0.717, 1.165) is 0 Å². The summed E-state index contributed by atoms with van der Waals surface area (Å²) in [6.07, 6.45) is 4.37. The normalized spacial score (nSPS) is 21.6. The highest BCUT2D eigenvalue weighted by molar-refractivity contribution is 5.60. The van der Waals surface area contributed by atoms with Crippen molar-refractivity contribution in [2.45, 2.75) is 11.8 Å². The fourth-order valence-electron chi connectivity index (χ4n) is 2.77. The van der Waals surface area contributed by atoms with Gasteiger partial charge in [-0.15, -0.1) is 0 Å². The molecule has 0 bridgehead atoms. The molecular weight excluding hydrogens is 220 g/mol. The van der Waals surface area contributed by atoms with Crippen LogP contribution < -0.4 is 0 Å². The van der Waals surface area contributed by atoms with Crippen LogP contribution >= 0.6 is 0 Å². The van der Waals surface area contributed by atoms with Gasteiger partial charge in [-0.25, -0.2) is 0 Å². The zero-order valence-electron chi connectivity index (χ0n) is 10.2. The summed E-state index contributed by atoms with van der Waals surface area (Å²) in [6, 6.07) is 18.7. The largest absolute Gasteiger partial charge is 0.396 e. The lowest BCUT2D eigenvalue weighted by Crippen LogP contribution is -2.17. The maximum atomic E-state index is 9.74. The Bertz CT molecular complexity index is 557. The Kier molecular flexibility index (Phi) is 2.99. The maximum absolute atomic E-state index is 9.74. The molecule has 0 aromatic heterocycles. The van der Waals surface area contributed by atoms with Gasteiger partial charge in [-0.05, 0) is 16.7 Å². The summed E-state index contributed by atoms with van der Waals surface area (Å²) >= 11 is 0. The number of fused-ring (bicyclic) bond motifs is 1. The number of benzene rings is 2. The Labute approximate surface area is 107 Å². The first kappa shape index (κ1) is 11.2. The molecule has 1 aliphatic rings. The summed E-state index contributed by atoms with van der Waals surface area (Å²) in [4.78, 5) is 0. The van der Waals surface area contributed by atoms with Crippen LogP contribution in [0.5, 0.6) is 0 Å². The summed E-state index contributed by atoms with van der Waals surface area (Å²) in [5.41, 5.74) is 3.74. The van der Waals surface area contributed by atoms with E-state index in [1.807, 2.05) is 18.2 Å². The van der Waals surface area contributed by atoms with Crippen LogP contribution in [0.15, 0.2) is 60.7 Å². The van der Waals surface area contributed by atoms with Crippen molar-refractivity contribution in [3.63, 3.8) is 0 Å². The number of rotatable bonds is 2. The minimum absolute atomic E-state index is 0.161. The van der Waals surface area contributed by atoms with Crippen LogP contribution in [0, 0.1) is 0 Å². The molecule has 0 heterocycles. The standard InChI is InChI=1S/C17H16O/c18-12-17-15-9-5-4-8-14(15)10-11-16(17)13-6-2-1-3-7-13/h1-11,16-18H,12H2/t16-,17+/m1/s1. The van der Waals surface area contributed by atoms with Crippen molar-refractivity contribution in [1.29, 1.82) is 0 Å². The van der Waals surface area contributed by atoms with E-state index in [-0.39, 0.29) is 18.4 Å². The van der Waals surface area contributed by atoms with Gasteiger partial charge >= 0.3 is 0 Å². The first-order chi connectivity index (χ1) is 8.90. The van der Waals surface area contributed by atoms with E-state index >= 15 is 0 Å². The molecule has 1 heteroatoms. The van der Waals surface area contributed by atoms with Crippen LogP contribution in [0.1, 0.15) is 28.5 Å². The highest BCUT2D eigenvalue weighted by Gasteiger charge is 2.26. The summed E-state index contributed by atoms with van der Waals surface area (Å²) in [5, 5.41) is 9.74. The molecule has 0 spiro atoms. The van der Waals surface area contributed by atoms with Gasteiger partial charge in [0, 0.05) is 11.8 Å². The van der Waals surface area contributed by atoms with E-state index in [1.54, 1.807) is 0 Å². The van der Waals surface area contributed by atoms with Crippen molar-refractivity contribution in [1.82, 2.24) is 0 Å². The molecule has 0 fully saturated rings. The minimum Gasteiger partial charge on any atom is -0.396 e. The third kappa shape index (κ3) is 1.87. The topological polar surface area (TPSA) is 20.2 Å². The minimum atomic E-state index is 0.161. The lowest BCUT2D eigenvalue weighted by atomic mass is 9.76. The van der Waals surface area contributed by atoms with Gasteiger partial charge in [0.25, 0.3) is 0 Å². The number of hydrogen-bond acceptors (Lipinski definition) is 1. The van der Waals surface area contributed by atoms with Crippen LogP contribution in [-0.2, 0) is 0 Å². The van der Waals surface area contributed by atoms with Crippen molar-refractivity contribution < 1.29 is 5.11 Å². The second-order valence-electron chi connectivity index (χ2n) is 4.71. The van der Waals surface area contributed by atoms with Crippen molar-refractivity contribution in [3.05, 3.63) is 77.4 Å². The third-order valence-corrected chi connectivity index (χ3v) is 3.69. The lowest BCUT2D eigenvalue weighted by molar-refractivity contribution is 0.256. The summed E-state index contributed by atoms with van der Waals surface area (Å²) < 4.78 is 0. The molecule has 2 atom stereocenters. The van der Waals surface area contributed by atoms with Gasteiger partial charge in [0.2, 0.25) is 0 Å². The number of aliphatic hydroxyl groups is 1. The monoisotopic (exact) mass is 236 g/mol. The number of allylic oxidation sites excluding steroid dienone is 1. The van der Waals surface area contributed by atoms with Crippen molar-refractivity contribution in [3.8, 4) is 0 Å². The van der Waals surface area contributed by atoms with Crippen LogP contribution in [-0.4, -0.2) is 11.7 Å². The van der Waals surface area contributed by atoms with E-state index in [4.69, 9.17) is 0 Å². The molecular formula is C17H16O. The molecule has 0 aliphatic heterocycles. The van der Waals surface area contributed by atoms with Gasteiger partial charge in [0.15, 0.2) is 0 Å². The van der Waals surface area contributed by atoms with Crippen molar-refractivity contribution in [2.24, 2.45) is 0 Å². The molecule has 90 valence electrons. The Morgan fingerprint density at radius 2 is 1.61 bits per heavy atom. The molecule has 2 aromatic carbocycles. The highest BCUT2D eigenvalue weighted by atomic mass is 16.3. The van der Waals surface area contributed by atoms with Crippen LogP contribution in [0.2, 0.25) is 0 Å². The maximum Gasteiger partial charge on any atom is 0.0508 e. The van der Waals surface area contributed by atoms with Gasteiger partial charge in [-0.1, -0.05) is 66.7 Å². The van der Waals surface area contributed by atoms with Crippen LogP contribution in [0.4, 0.5) is 0 Å². The van der Waals surface area contributed by atoms with E-state index in [9.17, 15) is 5.11 Å². The molecule has 1 aliphatic carbocycles. The Morgan fingerprint density at radius 1 is 0.889 bits per heavy atom. The Hall–Kier alpha value is -1.86. The molecule has 18 heavy (non-hydrogen) atoms. The first-order valence-corrected chi connectivity index (χ1v) is 6.33. The smallest absolute Gasteiger partial charge is 0.0508 e. The Balaban J connectivity index is 2.05. The molecule has 0 radical (unpaired) electrons. The molecule has 1 nitrogen and oxygen atoms in total. The van der Waals surface area contributed by atoms with Gasteiger partial charge in [-0.2, -0.15) is 0 Å². The second-order valence-corrected chi connectivity index (χ2v) is 4.71. The fraction of sp³-hybridized carbons (Fsp3) is 0.176. The van der Waals surface area contributed by atoms with Crippen LogP contribution in [0.25, 0.3) is 6.08 Å². The van der Waals surface area contributed by atoms with Crippen molar-refractivity contribution >= 4 is 6.08 Å². The average Bonchev–Trinajstić information content (AvgIpc) is 2.47. The molecule has 1 N–H and O–H groups in total. The predicted octanol–water partition coefficient (Wildman–Crippen LogP) is 3.57. The number of hydrogen-bond donors (Lipinski definition) is 1. The first-order valence-electron chi connectivity index (χ1n) is 6.33.